The highest BCUT2D eigenvalue weighted by Gasteiger charge is 2.25. The summed E-state index contributed by atoms with van der Waals surface area (Å²) in [6.07, 6.45) is 3.79. The third-order valence-electron chi connectivity index (χ3n) is 5.92. The van der Waals surface area contributed by atoms with Crippen molar-refractivity contribution in [2.24, 2.45) is 0 Å². The van der Waals surface area contributed by atoms with Crippen LogP contribution in [0.25, 0.3) is 11.1 Å². The molecule has 2 N–H and O–H groups in total. The molecule has 1 amide bonds. The number of hydrogen-bond donors (Lipinski definition) is 2. The van der Waals surface area contributed by atoms with Crippen molar-refractivity contribution in [3.63, 3.8) is 0 Å². The Kier molecular flexibility index (Phi) is 7.94. The fraction of sp³-hybridized carbons (Fsp3) is 0.440. The van der Waals surface area contributed by atoms with Crippen LogP contribution >= 0.6 is 12.4 Å². The predicted octanol–water partition coefficient (Wildman–Crippen LogP) is 4.06. The molecule has 1 aliphatic rings. The molecule has 0 unspecified atom stereocenters. The number of carbonyl (C=O) groups is 1. The maximum atomic E-state index is 12.7. The monoisotopic (exact) mass is 484 g/mol. The average molecular weight is 485 g/mol. The minimum atomic E-state index is -0.347. The van der Waals surface area contributed by atoms with E-state index in [2.05, 4.69) is 61.8 Å². The van der Waals surface area contributed by atoms with Crippen LogP contribution in [0.5, 0.6) is 0 Å². The minimum Gasteiger partial charge on any atom is -0.367 e. The molecule has 3 heterocycles. The van der Waals surface area contributed by atoms with Crippen molar-refractivity contribution in [1.29, 1.82) is 0 Å². The summed E-state index contributed by atoms with van der Waals surface area (Å²) in [5.74, 6) is 0.150. The molecule has 1 saturated heterocycles. The number of nitrogens with zero attached hydrogens (tertiary/aromatic N) is 4. The molecule has 0 radical (unpaired) electrons. The summed E-state index contributed by atoms with van der Waals surface area (Å²) in [5.41, 5.74) is 5.30. The Labute approximate surface area is 206 Å². The Morgan fingerprint density at radius 2 is 1.94 bits per heavy atom. The van der Waals surface area contributed by atoms with Gasteiger partial charge in [-0.2, -0.15) is 4.98 Å². The first-order valence-corrected chi connectivity index (χ1v) is 11.4. The average Bonchev–Trinajstić information content (AvgIpc) is 3.31. The Morgan fingerprint density at radius 3 is 2.59 bits per heavy atom. The molecule has 182 valence electrons. The fourth-order valence-corrected chi connectivity index (χ4v) is 4.08. The van der Waals surface area contributed by atoms with Crippen LogP contribution < -0.4 is 15.5 Å². The van der Waals surface area contributed by atoms with Crippen LogP contribution in [0.2, 0.25) is 0 Å². The Bertz CT molecular complexity index is 1130. The summed E-state index contributed by atoms with van der Waals surface area (Å²) in [6, 6.07) is 8.23. The van der Waals surface area contributed by atoms with Gasteiger partial charge in [0, 0.05) is 43.4 Å². The van der Waals surface area contributed by atoms with Crippen molar-refractivity contribution in [2.75, 3.05) is 31.1 Å². The first-order chi connectivity index (χ1) is 15.7. The maximum absolute atomic E-state index is 12.7. The molecule has 9 heteroatoms. The van der Waals surface area contributed by atoms with Crippen molar-refractivity contribution < 1.29 is 9.32 Å². The van der Waals surface area contributed by atoms with Crippen LogP contribution in [0.15, 0.2) is 41.2 Å². The summed E-state index contributed by atoms with van der Waals surface area (Å²) in [6.45, 7) is 13.8. The lowest BCUT2D eigenvalue weighted by Gasteiger charge is -2.31. The van der Waals surface area contributed by atoms with Crippen molar-refractivity contribution in [1.82, 2.24) is 25.8 Å². The van der Waals surface area contributed by atoms with Crippen LogP contribution in [0.3, 0.4) is 0 Å². The molecule has 0 aliphatic carbocycles. The summed E-state index contributed by atoms with van der Waals surface area (Å²) in [7, 11) is 0. The second-order valence-corrected chi connectivity index (χ2v) is 9.57. The number of piperazine rings is 1. The standard InChI is InChI=1S/C25H32N6O2.ClH/c1-16-14-18(20-8-9-27-15-21(20)31-12-10-26-11-13-31)6-7-19(16)17(2)28-23(32)22-29-24(33-30-22)25(3,4)5;/h6-9,14-15,17,26H,10-13H2,1-5H3,(H,28,32);1H/t17-;/m1./s1. The molecule has 1 atom stereocenters. The van der Waals surface area contributed by atoms with Gasteiger partial charge in [0.15, 0.2) is 0 Å². The van der Waals surface area contributed by atoms with Crippen LogP contribution in [0.1, 0.15) is 61.4 Å². The molecule has 3 aromatic rings. The molecule has 1 aliphatic heterocycles. The zero-order valence-electron chi connectivity index (χ0n) is 20.4. The van der Waals surface area contributed by atoms with E-state index in [0.29, 0.717) is 5.89 Å². The molecular weight excluding hydrogens is 452 g/mol. The quantitative estimate of drug-likeness (QED) is 0.563. The van der Waals surface area contributed by atoms with Gasteiger partial charge in [0.2, 0.25) is 5.89 Å². The van der Waals surface area contributed by atoms with Crippen molar-refractivity contribution in [3.8, 4) is 11.1 Å². The van der Waals surface area contributed by atoms with Gasteiger partial charge in [-0.25, -0.2) is 0 Å². The first-order valence-electron chi connectivity index (χ1n) is 11.4. The molecule has 2 aromatic heterocycles. The molecular formula is C25H33ClN6O2. The fourth-order valence-electron chi connectivity index (χ4n) is 4.08. The van der Waals surface area contributed by atoms with Gasteiger partial charge in [0.1, 0.15) is 0 Å². The number of nitrogens with one attached hydrogen (secondary N) is 2. The zero-order valence-corrected chi connectivity index (χ0v) is 21.2. The zero-order chi connectivity index (χ0) is 23.6. The van der Waals surface area contributed by atoms with Crippen LogP contribution in [0, 0.1) is 6.92 Å². The molecule has 34 heavy (non-hydrogen) atoms. The van der Waals surface area contributed by atoms with E-state index in [-0.39, 0.29) is 35.6 Å². The lowest BCUT2D eigenvalue weighted by molar-refractivity contribution is 0.0926. The molecule has 1 fully saturated rings. The van der Waals surface area contributed by atoms with E-state index in [1.807, 2.05) is 40.1 Å². The van der Waals surface area contributed by atoms with E-state index < -0.39 is 0 Å². The van der Waals surface area contributed by atoms with Crippen molar-refractivity contribution in [3.05, 3.63) is 59.5 Å². The smallest absolute Gasteiger partial charge is 0.293 e. The van der Waals surface area contributed by atoms with Gasteiger partial charge in [-0.15, -0.1) is 12.4 Å². The van der Waals surface area contributed by atoms with E-state index in [1.54, 1.807) is 0 Å². The topological polar surface area (TPSA) is 96.2 Å². The van der Waals surface area contributed by atoms with Gasteiger partial charge in [0.05, 0.1) is 17.9 Å². The van der Waals surface area contributed by atoms with Gasteiger partial charge in [-0.05, 0) is 36.6 Å². The number of amides is 1. The SMILES string of the molecule is Cc1cc(-c2ccncc2N2CCNCC2)ccc1[C@@H](C)NC(=O)c1noc(C(C)(C)C)n1.Cl. The van der Waals surface area contributed by atoms with Crippen molar-refractivity contribution in [2.45, 2.75) is 46.1 Å². The predicted molar refractivity (Wildman–Crippen MR) is 136 cm³/mol. The molecule has 4 rings (SSSR count). The maximum Gasteiger partial charge on any atom is 0.293 e. The lowest BCUT2D eigenvalue weighted by atomic mass is 9.96. The largest absolute Gasteiger partial charge is 0.367 e. The second kappa shape index (κ2) is 10.5. The van der Waals surface area contributed by atoms with Crippen molar-refractivity contribution >= 4 is 24.0 Å². The van der Waals surface area contributed by atoms with Gasteiger partial charge >= 0.3 is 0 Å². The van der Waals surface area contributed by atoms with Gasteiger partial charge < -0.3 is 20.1 Å². The molecule has 1 aromatic carbocycles. The lowest BCUT2D eigenvalue weighted by Crippen LogP contribution is -2.43. The molecule has 8 nitrogen and oxygen atoms in total. The Morgan fingerprint density at radius 1 is 1.21 bits per heavy atom. The van der Waals surface area contributed by atoms with Crippen LogP contribution in [-0.4, -0.2) is 47.2 Å². The second-order valence-electron chi connectivity index (χ2n) is 9.57. The van der Waals surface area contributed by atoms with E-state index in [4.69, 9.17) is 4.52 Å². The van der Waals surface area contributed by atoms with E-state index in [1.165, 1.54) is 5.56 Å². The van der Waals surface area contributed by atoms with Gasteiger partial charge in [-0.1, -0.05) is 44.1 Å². The summed E-state index contributed by atoms with van der Waals surface area (Å²) >= 11 is 0. The van der Waals surface area contributed by atoms with Crippen LogP contribution in [-0.2, 0) is 5.41 Å². The molecule has 0 bridgehead atoms. The number of rotatable bonds is 5. The Balaban J connectivity index is 0.00000324. The van der Waals surface area contributed by atoms with E-state index in [0.717, 1.165) is 48.6 Å². The molecule has 0 saturated carbocycles. The normalized spacial score (nSPS) is 14.9. The number of hydrogen-bond acceptors (Lipinski definition) is 7. The first kappa shape index (κ1) is 25.6. The van der Waals surface area contributed by atoms with E-state index in [9.17, 15) is 4.79 Å². The number of anilines is 1. The minimum absolute atomic E-state index is 0. The number of aromatic nitrogens is 3. The summed E-state index contributed by atoms with van der Waals surface area (Å²) in [5, 5.41) is 10.2. The number of benzene rings is 1. The highest BCUT2D eigenvalue weighted by molar-refractivity contribution is 5.90. The molecule has 0 spiro atoms. The summed E-state index contributed by atoms with van der Waals surface area (Å²) < 4.78 is 5.25. The van der Waals surface area contributed by atoms with Crippen LogP contribution in [0.4, 0.5) is 5.69 Å². The van der Waals surface area contributed by atoms with E-state index >= 15 is 0 Å². The number of aryl methyl sites for hydroxylation is 1. The van der Waals surface area contributed by atoms with Gasteiger partial charge in [-0.3, -0.25) is 9.78 Å². The third kappa shape index (κ3) is 5.56. The van der Waals surface area contributed by atoms with Gasteiger partial charge in [0.25, 0.3) is 11.7 Å². The number of halogens is 1. The third-order valence-corrected chi connectivity index (χ3v) is 5.92. The Hall–Kier alpha value is -2.97. The highest BCUT2D eigenvalue weighted by Crippen LogP contribution is 2.32. The highest BCUT2D eigenvalue weighted by atomic mass is 35.5. The number of pyridine rings is 1. The summed E-state index contributed by atoms with van der Waals surface area (Å²) in [4.78, 5) is 23.7. The number of carbonyl (C=O) groups excluding carboxylic acids is 1.